The zero-order valence-corrected chi connectivity index (χ0v) is 19.0. The van der Waals surface area contributed by atoms with Crippen LogP contribution in [-0.4, -0.2) is 46.7 Å². The molecular weight excluding hydrogens is 418 g/mol. The van der Waals surface area contributed by atoms with Crippen LogP contribution in [0.2, 0.25) is 0 Å². The Kier molecular flexibility index (Phi) is 6.54. The molecule has 0 atom stereocenters. The van der Waals surface area contributed by atoms with Crippen molar-refractivity contribution in [3.8, 4) is 5.75 Å². The molecule has 1 aliphatic rings. The first kappa shape index (κ1) is 22.6. The highest BCUT2D eigenvalue weighted by Crippen LogP contribution is 2.31. The number of nitrogens with zero attached hydrogens (tertiary/aromatic N) is 2. The van der Waals surface area contributed by atoms with Crippen LogP contribution in [0.4, 0.5) is 17.1 Å². The van der Waals surface area contributed by atoms with Gasteiger partial charge in [-0.3, -0.25) is 13.9 Å². The molecule has 8 nitrogen and oxygen atoms in total. The Morgan fingerprint density at radius 3 is 2.52 bits per heavy atom. The Hall–Kier alpha value is -3.07. The van der Waals surface area contributed by atoms with E-state index in [1.807, 2.05) is 13.8 Å². The number of methoxy groups -OCH3 is 1. The summed E-state index contributed by atoms with van der Waals surface area (Å²) in [5.41, 5.74) is 3.35. The normalized spacial score (nSPS) is 13.9. The lowest BCUT2D eigenvalue weighted by molar-refractivity contribution is -0.117. The molecule has 9 heteroatoms. The van der Waals surface area contributed by atoms with Gasteiger partial charge in [-0.2, -0.15) is 0 Å². The van der Waals surface area contributed by atoms with Crippen molar-refractivity contribution >= 4 is 38.9 Å². The SMILES string of the molecule is COc1ccc(C)cc1N(CC(=O)Nc1ccc(N2CCCC2=O)c(C)c1)S(C)(=O)=O. The smallest absolute Gasteiger partial charge is 0.245 e. The van der Waals surface area contributed by atoms with E-state index in [9.17, 15) is 18.0 Å². The topological polar surface area (TPSA) is 96.0 Å². The fourth-order valence-electron chi connectivity index (χ4n) is 3.65. The lowest BCUT2D eigenvalue weighted by Gasteiger charge is -2.24. The van der Waals surface area contributed by atoms with E-state index in [1.165, 1.54) is 7.11 Å². The molecule has 1 aliphatic heterocycles. The van der Waals surface area contributed by atoms with Gasteiger partial charge in [0, 0.05) is 24.3 Å². The average molecular weight is 446 g/mol. The number of rotatable bonds is 7. The van der Waals surface area contributed by atoms with Gasteiger partial charge < -0.3 is 15.0 Å². The van der Waals surface area contributed by atoms with Crippen LogP contribution in [0, 0.1) is 13.8 Å². The van der Waals surface area contributed by atoms with Gasteiger partial charge in [0.15, 0.2) is 0 Å². The number of carbonyl (C=O) groups excluding carboxylic acids is 2. The van der Waals surface area contributed by atoms with E-state index in [2.05, 4.69) is 5.32 Å². The predicted molar refractivity (Wildman–Crippen MR) is 121 cm³/mol. The third kappa shape index (κ3) is 5.16. The first-order valence-corrected chi connectivity index (χ1v) is 11.8. The van der Waals surface area contributed by atoms with E-state index >= 15 is 0 Å². The van der Waals surface area contributed by atoms with Gasteiger partial charge >= 0.3 is 0 Å². The maximum Gasteiger partial charge on any atom is 0.245 e. The molecule has 0 aliphatic carbocycles. The fraction of sp³-hybridized carbons (Fsp3) is 0.364. The number of sulfonamides is 1. The zero-order chi connectivity index (χ0) is 22.8. The molecule has 0 unspecified atom stereocenters. The number of carbonyl (C=O) groups is 2. The van der Waals surface area contributed by atoms with Gasteiger partial charge in [-0.05, 0) is 61.7 Å². The minimum Gasteiger partial charge on any atom is -0.495 e. The maximum atomic E-state index is 12.7. The Bertz CT molecular complexity index is 1110. The van der Waals surface area contributed by atoms with Crippen LogP contribution in [0.3, 0.4) is 0 Å². The molecule has 0 aromatic heterocycles. The lowest BCUT2D eigenvalue weighted by atomic mass is 10.1. The van der Waals surface area contributed by atoms with Crippen LogP contribution >= 0.6 is 0 Å². The first-order valence-electron chi connectivity index (χ1n) is 9.93. The van der Waals surface area contributed by atoms with Crippen molar-refractivity contribution in [2.75, 3.05) is 41.0 Å². The van der Waals surface area contributed by atoms with Crippen LogP contribution < -0.4 is 19.3 Å². The number of ether oxygens (including phenoxy) is 1. The van der Waals surface area contributed by atoms with Gasteiger partial charge in [-0.1, -0.05) is 6.07 Å². The summed E-state index contributed by atoms with van der Waals surface area (Å²) in [7, 11) is -2.29. The number of hydrogen-bond donors (Lipinski definition) is 1. The summed E-state index contributed by atoms with van der Waals surface area (Å²) in [5, 5.41) is 2.75. The van der Waals surface area contributed by atoms with Crippen molar-refractivity contribution in [2.45, 2.75) is 26.7 Å². The van der Waals surface area contributed by atoms with Crippen molar-refractivity contribution in [2.24, 2.45) is 0 Å². The maximum absolute atomic E-state index is 12.7. The first-order chi connectivity index (χ1) is 14.6. The quantitative estimate of drug-likeness (QED) is 0.707. The predicted octanol–water partition coefficient (Wildman–Crippen LogP) is 2.84. The number of benzene rings is 2. The van der Waals surface area contributed by atoms with Crippen LogP contribution in [0.5, 0.6) is 5.75 Å². The number of nitrogens with one attached hydrogen (secondary N) is 1. The summed E-state index contributed by atoms with van der Waals surface area (Å²) in [4.78, 5) is 26.5. The van der Waals surface area contributed by atoms with Crippen LogP contribution in [-0.2, 0) is 19.6 Å². The molecule has 0 saturated carbocycles. The molecule has 0 radical (unpaired) electrons. The second kappa shape index (κ2) is 8.97. The zero-order valence-electron chi connectivity index (χ0n) is 18.1. The van der Waals surface area contributed by atoms with Crippen molar-refractivity contribution in [1.82, 2.24) is 0 Å². The van der Waals surface area contributed by atoms with Crippen molar-refractivity contribution in [3.05, 3.63) is 47.5 Å². The van der Waals surface area contributed by atoms with E-state index in [1.54, 1.807) is 41.3 Å². The molecule has 1 fully saturated rings. The van der Waals surface area contributed by atoms with Gasteiger partial charge in [-0.25, -0.2) is 8.42 Å². The number of hydrogen-bond acceptors (Lipinski definition) is 5. The van der Waals surface area contributed by atoms with E-state index in [0.29, 0.717) is 30.1 Å². The minimum atomic E-state index is -3.74. The fourth-order valence-corrected chi connectivity index (χ4v) is 4.50. The standard InChI is InChI=1S/C22H27N3O5S/c1-15-7-10-20(30-3)19(12-15)25(31(4,28)29)14-21(26)23-17-8-9-18(16(2)13-17)24-11-5-6-22(24)27/h7-10,12-13H,5-6,11,14H2,1-4H3,(H,23,26). The summed E-state index contributed by atoms with van der Waals surface area (Å²) in [6.07, 6.45) is 2.43. The van der Waals surface area contributed by atoms with Gasteiger partial charge in [0.25, 0.3) is 0 Å². The van der Waals surface area contributed by atoms with Crippen molar-refractivity contribution in [3.63, 3.8) is 0 Å². The van der Waals surface area contributed by atoms with Gasteiger partial charge in [-0.15, -0.1) is 0 Å². The number of aryl methyl sites for hydroxylation is 2. The van der Waals surface area contributed by atoms with Gasteiger partial charge in [0.05, 0.1) is 19.1 Å². The van der Waals surface area contributed by atoms with E-state index in [0.717, 1.165) is 33.8 Å². The summed E-state index contributed by atoms with van der Waals surface area (Å²) in [6.45, 7) is 3.99. The molecule has 2 amide bonds. The van der Waals surface area contributed by atoms with E-state index in [-0.39, 0.29) is 5.91 Å². The number of amides is 2. The van der Waals surface area contributed by atoms with Crippen molar-refractivity contribution in [1.29, 1.82) is 0 Å². The molecule has 2 aromatic carbocycles. The lowest BCUT2D eigenvalue weighted by Crippen LogP contribution is -2.37. The van der Waals surface area contributed by atoms with Gasteiger partial charge in [0.2, 0.25) is 21.8 Å². The summed E-state index contributed by atoms with van der Waals surface area (Å²) < 4.78 is 31.2. The highest BCUT2D eigenvalue weighted by molar-refractivity contribution is 7.92. The third-order valence-electron chi connectivity index (χ3n) is 5.14. The Balaban J connectivity index is 1.80. The molecular formula is C22H27N3O5S. The second-order valence-corrected chi connectivity index (χ2v) is 9.55. The molecule has 3 rings (SSSR count). The Morgan fingerprint density at radius 1 is 1.19 bits per heavy atom. The van der Waals surface area contributed by atoms with Gasteiger partial charge in [0.1, 0.15) is 12.3 Å². The highest BCUT2D eigenvalue weighted by atomic mass is 32.2. The van der Waals surface area contributed by atoms with E-state index < -0.39 is 22.5 Å². The van der Waals surface area contributed by atoms with E-state index in [4.69, 9.17) is 4.74 Å². The molecule has 31 heavy (non-hydrogen) atoms. The van der Waals surface area contributed by atoms with Crippen LogP contribution in [0.25, 0.3) is 0 Å². The summed E-state index contributed by atoms with van der Waals surface area (Å²) >= 11 is 0. The highest BCUT2D eigenvalue weighted by Gasteiger charge is 2.25. The molecule has 1 N–H and O–H groups in total. The van der Waals surface area contributed by atoms with Crippen molar-refractivity contribution < 1.29 is 22.7 Å². The average Bonchev–Trinajstić information content (AvgIpc) is 3.11. The van der Waals surface area contributed by atoms with Crippen LogP contribution in [0.15, 0.2) is 36.4 Å². The molecule has 1 heterocycles. The largest absolute Gasteiger partial charge is 0.495 e. The molecule has 2 aromatic rings. The van der Waals surface area contributed by atoms with Crippen LogP contribution in [0.1, 0.15) is 24.0 Å². The molecule has 166 valence electrons. The molecule has 0 bridgehead atoms. The summed E-state index contributed by atoms with van der Waals surface area (Å²) in [6, 6.07) is 10.4. The number of anilines is 3. The summed E-state index contributed by atoms with van der Waals surface area (Å²) in [5.74, 6) is -0.0338. The minimum absolute atomic E-state index is 0.0933. The second-order valence-electron chi connectivity index (χ2n) is 7.64. The Morgan fingerprint density at radius 2 is 1.94 bits per heavy atom. The third-order valence-corrected chi connectivity index (χ3v) is 6.26. The monoisotopic (exact) mass is 445 g/mol. The molecule has 1 saturated heterocycles. The molecule has 0 spiro atoms. The Labute approximate surface area is 182 Å².